The van der Waals surface area contributed by atoms with Crippen LogP contribution in [0.15, 0.2) is 41.5 Å². The van der Waals surface area contributed by atoms with Gasteiger partial charge in [-0.05, 0) is 48.4 Å². The van der Waals surface area contributed by atoms with Crippen molar-refractivity contribution in [2.24, 2.45) is 5.10 Å². The summed E-state index contributed by atoms with van der Waals surface area (Å²) >= 11 is 1.34. The molecule has 1 heterocycles. The average Bonchev–Trinajstić information content (AvgIpc) is 3.05. The molecule has 3 rings (SSSR count). The van der Waals surface area contributed by atoms with Crippen LogP contribution in [0.2, 0.25) is 0 Å². The number of nitrogens with one attached hydrogen (secondary N) is 1. The molecule has 0 atom stereocenters. The van der Waals surface area contributed by atoms with E-state index in [-0.39, 0.29) is 5.91 Å². The smallest absolute Gasteiger partial charge is 0.271 e. The fourth-order valence-corrected chi connectivity index (χ4v) is 3.18. The summed E-state index contributed by atoms with van der Waals surface area (Å²) in [5.41, 5.74) is 10.2. The minimum absolute atomic E-state index is 0.310. The number of carbonyl (C=O) groups excluding carboxylic acids is 1. The highest BCUT2D eigenvalue weighted by Crippen LogP contribution is 2.27. The summed E-state index contributed by atoms with van der Waals surface area (Å²) in [7, 11) is 1.58. The number of rotatable bonds is 7. The third-order valence-electron chi connectivity index (χ3n) is 3.70. The molecule has 0 radical (unpaired) electrons. The Morgan fingerprint density at radius 2 is 2.15 bits per heavy atom. The number of hydrogen-bond acceptors (Lipinski definition) is 7. The van der Waals surface area contributed by atoms with Crippen molar-refractivity contribution >= 4 is 38.8 Å². The Morgan fingerprint density at radius 1 is 1.30 bits per heavy atom. The van der Waals surface area contributed by atoms with E-state index in [0.29, 0.717) is 28.8 Å². The Kier molecular flexibility index (Phi) is 5.87. The van der Waals surface area contributed by atoms with Gasteiger partial charge in [-0.1, -0.05) is 18.3 Å². The van der Waals surface area contributed by atoms with Crippen LogP contribution in [0.1, 0.15) is 29.3 Å². The SMILES string of the molecule is CCCOc1ccc(/C=N\NC(=O)c2ccc3nc(N)sc3c2)cc1OC. The van der Waals surface area contributed by atoms with E-state index in [1.807, 2.05) is 19.1 Å². The number of nitrogen functional groups attached to an aromatic ring is 1. The number of carbonyl (C=O) groups is 1. The zero-order valence-electron chi connectivity index (χ0n) is 15.1. The number of benzene rings is 2. The average molecular weight is 384 g/mol. The molecule has 0 aliphatic carbocycles. The van der Waals surface area contributed by atoms with Crippen molar-refractivity contribution in [3.8, 4) is 11.5 Å². The molecule has 0 fully saturated rings. The van der Waals surface area contributed by atoms with Crippen LogP contribution >= 0.6 is 11.3 Å². The first-order valence-electron chi connectivity index (χ1n) is 8.41. The van der Waals surface area contributed by atoms with Gasteiger partial charge in [0.1, 0.15) is 0 Å². The van der Waals surface area contributed by atoms with Crippen LogP contribution < -0.4 is 20.6 Å². The molecule has 1 amide bonds. The lowest BCUT2D eigenvalue weighted by Gasteiger charge is -2.10. The topological polar surface area (TPSA) is 98.8 Å². The summed E-state index contributed by atoms with van der Waals surface area (Å²) in [6, 6.07) is 10.7. The molecule has 0 spiro atoms. The lowest BCUT2D eigenvalue weighted by atomic mass is 10.2. The fourth-order valence-electron chi connectivity index (χ4n) is 2.41. The third-order valence-corrected chi connectivity index (χ3v) is 4.54. The summed E-state index contributed by atoms with van der Waals surface area (Å²) in [6.07, 6.45) is 2.46. The van der Waals surface area contributed by atoms with E-state index >= 15 is 0 Å². The molecule has 0 unspecified atom stereocenters. The van der Waals surface area contributed by atoms with Crippen molar-refractivity contribution < 1.29 is 14.3 Å². The molecule has 0 aliphatic heterocycles. The Hall–Kier alpha value is -3.13. The Labute approximate surface area is 160 Å². The van der Waals surface area contributed by atoms with Crippen molar-refractivity contribution in [1.29, 1.82) is 0 Å². The first kappa shape index (κ1) is 18.7. The van der Waals surface area contributed by atoms with E-state index in [1.54, 1.807) is 37.6 Å². The quantitative estimate of drug-likeness (QED) is 0.480. The van der Waals surface area contributed by atoms with Gasteiger partial charge in [0.15, 0.2) is 16.6 Å². The van der Waals surface area contributed by atoms with E-state index in [0.717, 1.165) is 22.2 Å². The van der Waals surface area contributed by atoms with Gasteiger partial charge in [0.25, 0.3) is 5.91 Å². The molecular weight excluding hydrogens is 364 g/mol. The number of amides is 1. The number of hydrazone groups is 1. The van der Waals surface area contributed by atoms with Crippen LogP contribution in [0, 0.1) is 0 Å². The first-order valence-corrected chi connectivity index (χ1v) is 9.22. The predicted molar refractivity (Wildman–Crippen MR) is 108 cm³/mol. The van der Waals surface area contributed by atoms with Crippen LogP contribution in [0.3, 0.4) is 0 Å². The lowest BCUT2D eigenvalue weighted by Crippen LogP contribution is -2.17. The van der Waals surface area contributed by atoms with E-state index in [2.05, 4.69) is 15.5 Å². The predicted octanol–water partition coefficient (Wildman–Crippen LogP) is 3.44. The largest absolute Gasteiger partial charge is 0.493 e. The number of hydrogen-bond donors (Lipinski definition) is 2. The zero-order valence-corrected chi connectivity index (χ0v) is 15.9. The van der Waals surface area contributed by atoms with Gasteiger partial charge in [-0.2, -0.15) is 5.10 Å². The molecule has 27 heavy (non-hydrogen) atoms. The second-order valence-electron chi connectivity index (χ2n) is 5.69. The molecule has 0 saturated heterocycles. The molecule has 140 valence electrons. The van der Waals surface area contributed by atoms with Gasteiger partial charge in [0.2, 0.25) is 0 Å². The summed E-state index contributed by atoms with van der Waals surface area (Å²) in [6.45, 7) is 2.66. The monoisotopic (exact) mass is 384 g/mol. The van der Waals surface area contributed by atoms with Gasteiger partial charge in [-0.25, -0.2) is 10.4 Å². The maximum absolute atomic E-state index is 12.3. The highest BCUT2D eigenvalue weighted by molar-refractivity contribution is 7.22. The normalized spacial score (nSPS) is 11.0. The number of nitrogens with zero attached hydrogens (tertiary/aromatic N) is 2. The second kappa shape index (κ2) is 8.50. The van der Waals surface area contributed by atoms with Gasteiger partial charge in [0, 0.05) is 5.56 Å². The summed E-state index contributed by atoms with van der Waals surface area (Å²) in [4.78, 5) is 16.4. The second-order valence-corrected chi connectivity index (χ2v) is 6.75. The maximum Gasteiger partial charge on any atom is 0.271 e. The molecule has 8 heteroatoms. The van der Waals surface area contributed by atoms with Gasteiger partial charge in [-0.15, -0.1) is 0 Å². The van der Waals surface area contributed by atoms with E-state index < -0.39 is 0 Å². The number of thiazole rings is 1. The highest BCUT2D eigenvalue weighted by Gasteiger charge is 2.08. The van der Waals surface area contributed by atoms with Crippen molar-refractivity contribution in [2.75, 3.05) is 19.5 Å². The van der Waals surface area contributed by atoms with Crippen LogP contribution in [-0.2, 0) is 0 Å². The Morgan fingerprint density at radius 3 is 2.93 bits per heavy atom. The Balaban J connectivity index is 1.67. The van der Waals surface area contributed by atoms with Gasteiger partial charge >= 0.3 is 0 Å². The summed E-state index contributed by atoms with van der Waals surface area (Å²) in [5, 5.41) is 4.49. The van der Waals surface area contributed by atoms with Crippen molar-refractivity contribution in [3.05, 3.63) is 47.5 Å². The number of fused-ring (bicyclic) bond motifs is 1. The van der Waals surface area contributed by atoms with E-state index in [4.69, 9.17) is 15.2 Å². The third kappa shape index (κ3) is 4.53. The molecule has 0 bridgehead atoms. The fraction of sp³-hybridized carbons (Fsp3) is 0.211. The van der Waals surface area contributed by atoms with Crippen LogP contribution in [0.4, 0.5) is 5.13 Å². The number of anilines is 1. The van der Waals surface area contributed by atoms with Gasteiger partial charge in [0.05, 0.1) is 30.1 Å². The Bertz CT molecular complexity index is 984. The number of aromatic nitrogens is 1. The number of ether oxygens (including phenoxy) is 2. The molecular formula is C19H20N4O3S. The first-order chi connectivity index (χ1) is 13.1. The van der Waals surface area contributed by atoms with Crippen molar-refractivity contribution in [3.63, 3.8) is 0 Å². The lowest BCUT2D eigenvalue weighted by molar-refractivity contribution is 0.0955. The van der Waals surface area contributed by atoms with Crippen LogP contribution in [0.5, 0.6) is 11.5 Å². The number of methoxy groups -OCH3 is 1. The zero-order chi connectivity index (χ0) is 19.2. The van der Waals surface area contributed by atoms with Crippen LogP contribution in [0.25, 0.3) is 10.2 Å². The van der Waals surface area contributed by atoms with Crippen molar-refractivity contribution in [1.82, 2.24) is 10.4 Å². The standard InChI is InChI=1S/C19H20N4O3S/c1-3-8-26-15-7-4-12(9-16(15)25-2)11-21-23-18(24)13-5-6-14-17(10-13)27-19(20)22-14/h4-7,9-11H,3,8H2,1-2H3,(H2,20,22)(H,23,24)/b21-11-. The molecule has 3 aromatic rings. The van der Waals surface area contributed by atoms with Gasteiger partial charge < -0.3 is 15.2 Å². The summed E-state index contributed by atoms with van der Waals surface area (Å²) in [5.74, 6) is 0.986. The molecule has 7 nitrogen and oxygen atoms in total. The molecule has 2 aromatic carbocycles. The highest BCUT2D eigenvalue weighted by atomic mass is 32.1. The number of nitrogens with two attached hydrogens (primary N) is 1. The molecule has 0 aliphatic rings. The minimum atomic E-state index is -0.310. The maximum atomic E-state index is 12.3. The molecule has 3 N–H and O–H groups in total. The van der Waals surface area contributed by atoms with E-state index in [1.165, 1.54) is 11.3 Å². The summed E-state index contributed by atoms with van der Waals surface area (Å²) < 4.78 is 11.8. The van der Waals surface area contributed by atoms with Crippen molar-refractivity contribution in [2.45, 2.75) is 13.3 Å². The van der Waals surface area contributed by atoms with Crippen LogP contribution in [-0.4, -0.2) is 30.8 Å². The molecule has 0 saturated carbocycles. The van der Waals surface area contributed by atoms with Gasteiger partial charge in [-0.3, -0.25) is 4.79 Å². The van der Waals surface area contributed by atoms with E-state index in [9.17, 15) is 4.79 Å². The molecule has 1 aromatic heterocycles. The minimum Gasteiger partial charge on any atom is -0.493 e.